The first kappa shape index (κ1) is 13.2. The molecule has 0 spiro atoms. The van der Waals surface area contributed by atoms with Crippen LogP contribution in [0.1, 0.15) is 12.8 Å². The summed E-state index contributed by atoms with van der Waals surface area (Å²) in [5.74, 6) is -6.16. The van der Waals surface area contributed by atoms with Crippen molar-refractivity contribution in [2.75, 3.05) is 19.6 Å². The van der Waals surface area contributed by atoms with Gasteiger partial charge in [-0.15, -0.1) is 0 Å². The van der Waals surface area contributed by atoms with E-state index in [9.17, 15) is 22.4 Å². The number of halogens is 4. The zero-order valence-electron chi connectivity index (χ0n) is 8.61. The Bertz CT molecular complexity index is 242. The van der Waals surface area contributed by atoms with E-state index in [1.165, 1.54) is 0 Å². The first-order valence-corrected chi connectivity index (χ1v) is 5.09. The molecule has 0 aromatic carbocycles. The SMILES string of the molecule is O=C(NCCC1CCNC1)C(F)(F)C(F)F. The van der Waals surface area contributed by atoms with E-state index in [0.717, 1.165) is 19.5 Å². The van der Waals surface area contributed by atoms with Gasteiger partial charge in [-0.25, -0.2) is 8.78 Å². The molecule has 7 heteroatoms. The van der Waals surface area contributed by atoms with Crippen LogP contribution in [0, 0.1) is 5.92 Å². The van der Waals surface area contributed by atoms with Crippen molar-refractivity contribution in [2.45, 2.75) is 25.2 Å². The predicted molar refractivity (Wildman–Crippen MR) is 49.6 cm³/mol. The van der Waals surface area contributed by atoms with Crippen molar-refractivity contribution < 1.29 is 22.4 Å². The highest BCUT2D eigenvalue weighted by Gasteiger charge is 2.48. The van der Waals surface area contributed by atoms with E-state index in [4.69, 9.17) is 0 Å². The number of carbonyl (C=O) groups is 1. The number of rotatable bonds is 5. The summed E-state index contributed by atoms with van der Waals surface area (Å²) in [6.07, 6.45) is -2.51. The van der Waals surface area contributed by atoms with Crippen molar-refractivity contribution in [3.05, 3.63) is 0 Å². The third-order valence-electron chi connectivity index (χ3n) is 2.58. The first-order valence-electron chi connectivity index (χ1n) is 5.09. The molecule has 1 unspecified atom stereocenters. The number of alkyl halides is 4. The summed E-state index contributed by atoms with van der Waals surface area (Å²) < 4.78 is 48.5. The highest BCUT2D eigenvalue weighted by atomic mass is 19.3. The second-order valence-electron chi connectivity index (χ2n) is 3.83. The zero-order valence-corrected chi connectivity index (χ0v) is 8.61. The Balaban J connectivity index is 2.24. The van der Waals surface area contributed by atoms with Gasteiger partial charge in [-0.2, -0.15) is 8.78 Å². The van der Waals surface area contributed by atoms with Crippen LogP contribution >= 0.6 is 0 Å². The van der Waals surface area contributed by atoms with Crippen LogP contribution in [0.3, 0.4) is 0 Å². The van der Waals surface area contributed by atoms with Crippen LogP contribution in [0.4, 0.5) is 17.6 Å². The van der Waals surface area contributed by atoms with Crippen LogP contribution in [0.5, 0.6) is 0 Å². The topological polar surface area (TPSA) is 41.1 Å². The fourth-order valence-corrected chi connectivity index (χ4v) is 1.57. The molecule has 1 rings (SSSR count). The number of hydrogen-bond donors (Lipinski definition) is 2. The molecule has 1 saturated heterocycles. The van der Waals surface area contributed by atoms with Gasteiger partial charge in [0, 0.05) is 6.54 Å². The van der Waals surface area contributed by atoms with E-state index in [2.05, 4.69) is 5.32 Å². The van der Waals surface area contributed by atoms with E-state index < -0.39 is 18.3 Å². The monoisotopic (exact) mass is 242 g/mol. The van der Waals surface area contributed by atoms with Crippen molar-refractivity contribution in [2.24, 2.45) is 5.92 Å². The Morgan fingerprint density at radius 2 is 2.19 bits per heavy atom. The van der Waals surface area contributed by atoms with E-state index in [-0.39, 0.29) is 6.54 Å². The third-order valence-corrected chi connectivity index (χ3v) is 2.58. The smallest absolute Gasteiger partial charge is 0.351 e. The van der Waals surface area contributed by atoms with Gasteiger partial charge in [0.25, 0.3) is 5.91 Å². The maximum absolute atomic E-state index is 12.5. The van der Waals surface area contributed by atoms with Gasteiger partial charge in [0.15, 0.2) is 0 Å². The van der Waals surface area contributed by atoms with Crippen molar-refractivity contribution in [1.29, 1.82) is 0 Å². The Kier molecular flexibility index (Phi) is 4.52. The second kappa shape index (κ2) is 5.47. The molecule has 1 aliphatic heterocycles. The summed E-state index contributed by atoms with van der Waals surface area (Å²) in [6.45, 7) is 1.65. The standard InChI is InChI=1S/C9H14F4N2O/c10-7(11)9(12,13)8(16)15-4-2-6-1-3-14-5-6/h6-7,14H,1-5H2,(H,15,16). The summed E-state index contributed by atoms with van der Waals surface area (Å²) in [7, 11) is 0. The highest BCUT2D eigenvalue weighted by Crippen LogP contribution is 2.22. The maximum atomic E-state index is 12.5. The molecular weight excluding hydrogens is 228 g/mol. The molecule has 1 fully saturated rings. The van der Waals surface area contributed by atoms with Gasteiger partial charge in [0.05, 0.1) is 0 Å². The number of amides is 1. The van der Waals surface area contributed by atoms with Gasteiger partial charge < -0.3 is 10.6 Å². The van der Waals surface area contributed by atoms with Crippen LogP contribution in [0.2, 0.25) is 0 Å². The minimum absolute atomic E-state index is 0.00743. The summed E-state index contributed by atoms with van der Waals surface area (Å²) in [5.41, 5.74) is 0. The zero-order chi connectivity index (χ0) is 12.2. The van der Waals surface area contributed by atoms with Crippen molar-refractivity contribution >= 4 is 5.91 Å². The van der Waals surface area contributed by atoms with E-state index in [0.29, 0.717) is 12.3 Å². The lowest BCUT2D eigenvalue weighted by atomic mass is 10.1. The molecule has 0 aromatic rings. The Morgan fingerprint density at radius 1 is 1.50 bits per heavy atom. The van der Waals surface area contributed by atoms with Crippen molar-refractivity contribution in [3.8, 4) is 0 Å². The number of carbonyl (C=O) groups excluding carboxylic acids is 1. The van der Waals surface area contributed by atoms with Crippen LogP contribution in [-0.2, 0) is 4.79 Å². The number of nitrogens with one attached hydrogen (secondary N) is 2. The summed E-state index contributed by atoms with van der Waals surface area (Å²) >= 11 is 0. The maximum Gasteiger partial charge on any atom is 0.383 e. The summed E-state index contributed by atoms with van der Waals surface area (Å²) in [4.78, 5) is 10.7. The van der Waals surface area contributed by atoms with Gasteiger partial charge in [-0.1, -0.05) is 0 Å². The largest absolute Gasteiger partial charge is 0.383 e. The highest BCUT2D eigenvalue weighted by molar-refractivity contribution is 5.83. The van der Waals surface area contributed by atoms with E-state index >= 15 is 0 Å². The molecule has 1 aliphatic rings. The van der Waals surface area contributed by atoms with Gasteiger partial charge in [0.2, 0.25) is 0 Å². The summed E-state index contributed by atoms with van der Waals surface area (Å²) in [6, 6.07) is 0. The van der Waals surface area contributed by atoms with Crippen LogP contribution < -0.4 is 10.6 Å². The molecule has 0 aromatic heterocycles. The minimum Gasteiger partial charge on any atom is -0.351 e. The molecule has 16 heavy (non-hydrogen) atoms. The molecule has 1 heterocycles. The van der Waals surface area contributed by atoms with Gasteiger partial charge >= 0.3 is 12.3 Å². The molecule has 1 atom stereocenters. The van der Waals surface area contributed by atoms with Gasteiger partial charge in [0.1, 0.15) is 0 Å². The normalized spacial score (nSPS) is 21.4. The first-order chi connectivity index (χ1) is 7.44. The van der Waals surface area contributed by atoms with Gasteiger partial charge in [-0.05, 0) is 31.8 Å². The molecule has 0 aliphatic carbocycles. The molecule has 1 amide bonds. The minimum atomic E-state index is -4.59. The second-order valence-corrected chi connectivity index (χ2v) is 3.83. The average molecular weight is 242 g/mol. The molecule has 94 valence electrons. The lowest BCUT2D eigenvalue weighted by Gasteiger charge is -2.15. The summed E-state index contributed by atoms with van der Waals surface area (Å²) in [5, 5.41) is 4.91. The fourth-order valence-electron chi connectivity index (χ4n) is 1.57. The quantitative estimate of drug-likeness (QED) is 0.706. The van der Waals surface area contributed by atoms with Crippen LogP contribution in [0.15, 0.2) is 0 Å². The third kappa shape index (κ3) is 3.33. The van der Waals surface area contributed by atoms with E-state index in [1.54, 1.807) is 0 Å². The molecule has 3 nitrogen and oxygen atoms in total. The van der Waals surface area contributed by atoms with E-state index in [1.807, 2.05) is 5.32 Å². The van der Waals surface area contributed by atoms with Crippen LogP contribution in [0.25, 0.3) is 0 Å². The Hall–Kier alpha value is -0.850. The predicted octanol–water partition coefficient (Wildman–Crippen LogP) is 1.00. The molecule has 0 radical (unpaired) electrons. The molecule has 0 saturated carbocycles. The average Bonchev–Trinajstić information content (AvgIpc) is 2.70. The van der Waals surface area contributed by atoms with Crippen molar-refractivity contribution in [1.82, 2.24) is 10.6 Å². The molecule has 0 bridgehead atoms. The van der Waals surface area contributed by atoms with Crippen molar-refractivity contribution in [3.63, 3.8) is 0 Å². The Morgan fingerprint density at radius 3 is 2.69 bits per heavy atom. The lowest BCUT2D eigenvalue weighted by Crippen LogP contribution is -2.45. The fraction of sp³-hybridized carbons (Fsp3) is 0.889. The number of hydrogen-bond acceptors (Lipinski definition) is 2. The molecular formula is C9H14F4N2O. The van der Waals surface area contributed by atoms with Crippen LogP contribution in [-0.4, -0.2) is 37.9 Å². The van der Waals surface area contributed by atoms with Gasteiger partial charge in [-0.3, -0.25) is 4.79 Å². The Labute approximate surface area is 90.6 Å². The lowest BCUT2D eigenvalue weighted by molar-refractivity contribution is -0.169. The molecule has 2 N–H and O–H groups in total.